The monoisotopic (exact) mass is 183 g/mol. The van der Waals surface area contributed by atoms with Gasteiger partial charge in [0.1, 0.15) is 0 Å². The van der Waals surface area contributed by atoms with Crippen LogP contribution in [0.15, 0.2) is 0 Å². The van der Waals surface area contributed by atoms with Crippen LogP contribution in [0.2, 0.25) is 0 Å². The molecule has 1 amide bonds. The van der Waals surface area contributed by atoms with Crippen molar-refractivity contribution in [1.82, 2.24) is 4.90 Å². The number of carbonyl (C=O) groups is 1. The summed E-state index contributed by atoms with van der Waals surface area (Å²) in [5, 5.41) is -0.414. The van der Waals surface area contributed by atoms with Gasteiger partial charge in [-0.1, -0.05) is 6.92 Å². The highest BCUT2D eigenvalue weighted by Crippen LogP contribution is 1.98. The van der Waals surface area contributed by atoms with Crippen LogP contribution in [0.3, 0.4) is 0 Å². The molecule has 0 N–H and O–H groups in total. The first kappa shape index (κ1) is 10.0. The number of nitrogens with zero attached hydrogens (tertiary/aromatic N) is 1. The fourth-order valence-corrected chi connectivity index (χ4v) is 1.03. The molecule has 0 saturated carbocycles. The molecule has 0 heterocycles. The van der Waals surface area contributed by atoms with Crippen LogP contribution >= 0.6 is 23.2 Å². The molecule has 10 heavy (non-hydrogen) atoms. The van der Waals surface area contributed by atoms with Crippen LogP contribution in [-0.4, -0.2) is 29.2 Å². The Labute approximate surface area is 71.1 Å². The van der Waals surface area contributed by atoms with E-state index in [1.807, 2.05) is 6.92 Å². The van der Waals surface area contributed by atoms with Gasteiger partial charge in [-0.25, -0.2) is 0 Å². The molecule has 0 aromatic rings. The lowest BCUT2D eigenvalue weighted by Crippen LogP contribution is -2.28. The maximum absolute atomic E-state index is 10.6. The molecule has 0 aliphatic heterocycles. The van der Waals surface area contributed by atoms with E-state index < -0.39 is 5.37 Å². The number of hydrogen-bond acceptors (Lipinski definition) is 1. The zero-order chi connectivity index (χ0) is 7.98. The Bertz CT molecular complexity index is 102. The largest absolute Gasteiger partial charge is 0.328 e. The molecular formula is C6H11Cl2NO. The topological polar surface area (TPSA) is 20.3 Å². The Balaban J connectivity index is 3.61. The second-order valence-electron chi connectivity index (χ2n) is 1.93. The summed E-state index contributed by atoms with van der Waals surface area (Å²) < 4.78 is 0. The van der Waals surface area contributed by atoms with Crippen molar-refractivity contribution in [1.29, 1.82) is 0 Å². The molecule has 0 saturated heterocycles. The lowest BCUT2D eigenvalue weighted by Gasteiger charge is -2.16. The second kappa shape index (κ2) is 5.81. The van der Waals surface area contributed by atoms with Gasteiger partial charge in [0.25, 0.3) is 0 Å². The number of halogens is 2. The number of rotatable bonds is 4. The van der Waals surface area contributed by atoms with Gasteiger partial charge in [0.05, 0.1) is 0 Å². The molecule has 0 unspecified atom stereocenters. The van der Waals surface area contributed by atoms with Crippen LogP contribution in [0.5, 0.6) is 0 Å². The van der Waals surface area contributed by atoms with E-state index in [1.165, 1.54) is 4.90 Å². The summed E-state index contributed by atoms with van der Waals surface area (Å²) >= 11 is 10.7. The van der Waals surface area contributed by atoms with Crippen LogP contribution in [-0.2, 0) is 0 Å². The minimum absolute atomic E-state index is 0.414. The fraction of sp³-hybridized carbons (Fsp3) is 0.833. The SMILES string of the molecule is CCCN(CCCl)C(=O)Cl. The molecule has 0 aliphatic carbocycles. The number of amides is 1. The third-order valence-electron chi connectivity index (χ3n) is 1.10. The highest BCUT2D eigenvalue weighted by Gasteiger charge is 2.06. The molecule has 0 aromatic heterocycles. The molecule has 60 valence electrons. The zero-order valence-electron chi connectivity index (χ0n) is 5.94. The van der Waals surface area contributed by atoms with Crippen LogP contribution in [0, 0.1) is 0 Å². The highest BCUT2D eigenvalue weighted by molar-refractivity contribution is 6.62. The molecule has 0 spiro atoms. The molecule has 4 heteroatoms. The van der Waals surface area contributed by atoms with Crippen molar-refractivity contribution < 1.29 is 4.79 Å². The summed E-state index contributed by atoms with van der Waals surface area (Å²) in [5.41, 5.74) is 0. The van der Waals surface area contributed by atoms with Crippen LogP contribution in [0.4, 0.5) is 4.79 Å². The third-order valence-corrected chi connectivity index (χ3v) is 1.50. The first-order valence-electron chi connectivity index (χ1n) is 3.22. The minimum Gasteiger partial charge on any atom is -0.328 e. The van der Waals surface area contributed by atoms with Gasteiger partial charge >= 0.3 is 5.37 Å². The molecule has 0 fully saturated rings. The van der Waals surface area contributed by atoms with Gasteiger partial charge < -0.3 is 4.90 Å². The van der Waals surface area contributed by atoms with Crippen molar-refractivity contribution in [3.8, 4) is 0 Å². The molecular weight excluding hydrogens is 173 g/mol. The molecule has 2 nitrogen and oxygen atoms in total. The Morgan fingerprint density at radius 2 is 2.10 bits per heavy atom. The van der Waals surface area contributed by atoms with Gasteiger partial charge in [-0.3, -0.25) is 4.79 Å². The molecule has 0 radical (unpaired) electrons. The summed E-state index contributed by atoms with van der Waals surface area (Å²) in [6.45, 7) is 3.22. The lowest BCUT2D eigenvalue weighted by molar-refractivity contribution is 0.225. The second-order valence-corrected chi connectivity index (χ2v) is 2.63. The van der Waals surface area contributed by atoms with E-state index in [9.17, 15) is 4.79 Å². The molecule has 0 aromatic carbocycles. The van der Waals surface area contributed by atoms with Crippen LogP contribution in [0.25, 0.3) is 0 Å². The first-order valence-corrected chi connectivity index (χ1v) is 4.14. The quantitative estimate of drug-likeness (QED) is 0.373. The smallest absolute Gasteiger partial charge is 0.316 e. The predicted octanol–water partition coefficient (Wildman–Crippen LogP) is 2.30. The third kappa shape index (κ3) is 3.96. The van der Waals surface area contributed by atoms with Crippen molar-refractivity contribution in [2.75, 3.05) is 19.0 Å². The van der Waals surface area contributed by atoms with E-state index in [0.29, 0.717) is 19.0 Å². The van der Waals surface area contributed by atoms with Crippen molar-refractivity contribution >= 4 is 28.6 Å². The summed E-state index contributed by atoms with van der Waals surface area (Å²) in [6.07, 6.45) is 0.912. The summed E-state index contributed by atoms with van der Waals surface area (Å²) in [6, 6.07) is 0. The summed E-state index contributed by atoms with van der Waals surface area (Å²) in [4.78, 5) is 12.1. The average Bonchev–Trinajstić information content (AvgIpc) is 1.87. The molecule has 0 bridgehead atoms. The first-order chi connectivity index (χ1) is 4.72. The standard InChI is InChI=1S/C6H11Cl2NO/c1-2-4-9(5-3-7)6(8)10/h2-5H2,1H3. The number of alkyl halides is 1. The van der Waals surface area contributed by atoms with E-state index in [2.05, 4.69) is 0 Å². The van der Waals surface area contributed by atoms with E-state index in [4.69, 9.17) is 23.2 Å². The van der Waals surface area contributed by atoms with Gasteiger partial charge in [0.2, 0.25) is 0 Å². The minimum atomic E-state index is -0.414. The Morgan fingerprint density at radius 1 is 1.50 bits per heavy atom. The Kier molecular flexibility index (Phi) is 5.84. The van der Waals surface area contributed by atoms with Gasteiger partial charge in [-0.05, 0) is 18.0 Å². The maximum atomic E-state index is 10.6. The van der Waals surface area contributed by atoms with Gasteiger partial charge in [-0.2, -0.15) is 0 Å². The highest BCUT2D eigenvalue weighted by atomic mass is 35.5. The Hall–Kier alpha value is 0.0500. The predicted molar refractivity (Wildman–Crippen MR) is 43.8 cm³/mol. The van der Waals surface area contributed by atoms with E-state index in [1.54, 1.807) is 0 Å². The lowest BCUT2D eigenvalue weighted by atomic mass is 10.4. The van der Waals surface area contributed by atoms with Crippen LogP contribution < -0.4 is 0 Å². The van der Waals surface area contributed by atoms with Crippen molar-refractivity contribution in [2.24, 2.45) is 0 Å². The number of hydrogen-bond donors (Lipinski definition) is 0. The van der Waals surface area contributed by atoms with E-state index >= 15 is 0 Å². The number of carbonyl (C=O) groups excluding carboxylic acids is 1. The van der Waals surface area contributed by atoms with Gasteiger partial charge in [0.15, 0.2) is 0 Å². The summed E-state index contributed by atoms with van der Waals surface area (Å²) in [7, 11) is 0. The maximum Gasteiger partial charge on any atom is 0.316 e. The summed E-state index contributed by atoms with van der Waals surface area (Å²) in [5.74, 6) is 0.443. The molecule has 0 aliphatic rings. The molecule has 0 atom stereocenters. The van der Waals surface area contributed by atoms with E-state index in [-0.39, 0.29) is 0 Å². The van der Waals surface area contributed by atoms with E-state index in [0.717, 1.165) is 6.42 Å². The average molecular weight is 184 g/mol. The fourth-order valence-electron chi connectivity index (χ4n) is 0.660. The van der Waals surface area contributed by atoms with Gasteiger partial charge in [-0.15, -0.1) is 11.6 Å². The zero-order valence-corrected chi connectivity index (χ0v) is 7.45. The molecule has 0 rings (SSSR count). The van der Waals surface area contributed by atoms with Crippen molar-refractivity contribution in [3.63, 3.8) is 0 Å². The van der Waals surface area contributed by atoms with Gasteiger partial charge in [0, 0.05) is 19.0 Å². The normalized spacial score (nSPS) is 9.50. The van der Waals surface area contributed by atoms with Crippen LogP contribution in [0.1, 0.15) is 13.3 Å². The Morgan fingerprint density at radius 3 is 2.40 bits per heavy atom. The van der Waals surface area contributed by atoms with Crippen molar-refractivity contribution in [2.45, 2.75) is 13.3 Å². The van der Waals surface area contributed by atoms with Crippen molar-refractivity contribution in [3.05, 3.63) is 0 Å².